The van der Waals surface area contributed by atoms with Crippen molar-refractivity contribution in [2.75, 3.05) is 5.73 Å². The highest BCUT2D eigenvalue weighted by molar-refractivity contribution is 5.61. The predicted octanol–water partition coefficient (Wildman–Crippen LogP) is 0.727. The maximum absolute atomic E-state index is 11.8. The number of hydrogen-bond donors (Lipinski definition) is 3. The fourth-order valence-electron chi connectivity index (χ4n) is 0.881. The molecule has 0 unspecified atom stereocenters. The van der Waals surface area contributed by atoms with Crippen LogP contribution in [0.15, 0.2) is 6.20 Å². The van der Waals surface area contributed by atoms with Gasteiger partial charge in [0.05, 0.1) is 5.69 Å². The molecule has 0 fully saturated rings. The molecule has 0 amide bonds. The molecule has 5 N–H and O–H groups in total. The van der Waals surface area contributed by atoms with Crippen molar-refractivity contribution in [2.24, 2.45) is 5.73 Å². The first-order valence-electron chi connectivity index (χ1n) is 3.77. The molecule has 0 saturated carbocycles. The second-order valence-corrected chi connectivity index (χ2v) is 2.60. The number of aromatic hydroxyl groups is 1. The van der Waals surface area contributed by atoms with E-state index >= 15 is 0 Å². The van der Waals surface area contributed by atoms with E-state index in [1.807, 2.05) is 0 Å². The summed E-state index contributed by atoms with van der Waals surface area (Å²) in [6, 6.07) is 0. The number of halogens is 3. The molecule has 0 aliphatic rings. The van der Waals surface area contributed by atoms with Gasteiger partial charge < -0.3 is 21.3 Å². The fraction of sp³-hybridized carbons (Fsp3) is 0.286. The summed E-state index contributed by atoms with van der Waals surface area (Å²) in [4.78, 5) is 3.24. The van der Waals surface area contributed by atoms with E-state index in [4.69, 9.17) is 11.5 Å². The molecule has 0 aromatic carbocycles. The minimum absolute atomic E-state index is 0.0430. The topological polar surface area (TPSA) is 94.4 Å². The van der Waals surface area contributed by atoms with Crippen LogP contribution in [0.1, 0.15) is 5.56 Å². The Kier molecular flexibility index (Phi) is 2.89. The zero-order valence-corrected chi connectivity index (χ0v) is 7.38. The molecule has 1 rings (SSSR count). The van der Waals surface area contributed by atoms with Crippen LogP contribution in [0, 0.1) is 0 Å². The van der Waals surface area contributed by atoms with Gasteiger partial charge in [0.25, 0.3) is 5.88 Å². The smallest absolute Gasteiger partial charge is 0.502 e. The minimum atomic E-state index is -4.93. The number of nitrogen functional groups attached to an aromatic ring is 1. The van der Waals surface area contributed by atoms with Gasteiger partial charge in [0.1, 0.15) is 0 Å². The first-order valence-corrected chi connectivity index (χ1v) is 3.77. The van der Waals surface area contributed by atoms with Crippen molar-refractivity contribution < 1.29 is 23.0 Å². The summed E-state index contributed by atoms with van der Waals surface area (Å²) in [6.45, 7) is -0.0430. The lowest BCUT2D eigenvalue weighted by Gasteiger charge is -2.11. The molecule has 1 aromatic rings. The van der Waals surface area contributed by atoms with E-state index in [1.54, 1.807) is 0 Å². The van der Waals surface area contributed by atoms with Gasteiger partial charge in [-0.25, -0.2) is 4.98 Å². The number of ether oxygens (including phenoxy) is 1. The number of nitrogens with zero attached hydrogens (tertiary/aromatic N) is 1. The van der Waals surface area contributed by atoms with Crippen molar-refractivity contribution in [3.8, 4) is 11.6 Å². The Morgan fingerprint density at radius 3 is 2.53 bits per heavy atom. The molecule has 0 radical (unpaired) electrons. The van der Waals surface area contributed by atoms with E-state index in [1.165, 1.54) is 0 Å². The average molecular weight is 223 g/mol. The highest BCUT2D eigenvalue weighted by Gasteiger charge is 2.33. The third-order valence-corrected chi connectivity index (χ3v) is 1.57. The van der Waals surface area contributed by atoms with Gasteiger partial charge in [-0.05, 0) is 0 Å². The van der Waals surface area contributed by atoms with Crippen LogP contribution in [-0.4, -0.2) is 16.5 Å². The van der Waals surface area contributed by atoms with Crippen molar-refractivity contribution >= 4 is 5.69 Å². The molecule has 0 aliphatic carbocycles. The molecule has 15 heavy (non-hydrogen) atoms. The van der Waals surface area contributed by atoms with E-state index in [0.717, 1.165) is 6.20 Å². The first-order chi connectivity index (χ1) is 6.85. The Bertz CT molecular complexity index is 367. The van der Waals surface area contributed by atoms with Crippen molar-refractivity contribution in [2.45, 2.75) is 12.9 Å². The van der Waals surface area contributed by atoms with Gasteiger partial charge in [-0.3, -0.25) is 0 Å². The van der Waals surface area contributed by atoms with Crippen molar-refractivity contribution in [1.29, 1.82) is 0 Å². The lowest BCUT2D eigenvalue weighted by Crippen LogP contribution is -2.18. The Morgan fingerprint density at radius 2 is 2.07 bits per heavy atom. The molecule has 1 heterocycles. The molecule has 5 nitrogen and oxygen atoms in total. The van der Waals surface area contributed by atoms with Crippen molar-refractivity contribution in [1.82, 2.24) is 4.98 Å². The lowest BCUT2D eigenvalue weighted by molar-refractivity contribution is -0.276. The van der Waals surface area contributed by atoms with Crippen LogP contribution in [-0.2, 0) is 6.54 Å². The minimum Gasteiger partial charge on any atom is -0.502 e. The quantitative estimate of drug-likeness (QED) is 0.686. The maximum Gasteiger partial charge on any atom is 0.574 e. The predicted molar refractivity (Wildman–Crippen MR) is 44.9 cm³/mol. The fourth-order valence-corrected chi connectivity index (χ4v) is 0.881. The molecular weight excluding hydrogens is 215 g/mol. The zero-order chi connectivity index (χ0) is 11.6. The summed E-state index contributed by atoms with van der Waals surface area (Å²) >= 11 is 0. The molecule has 0 saturated heterocycles. The molecule has 0 atom stereocenters. The van der Waals surface area contributed by atoms with Crippen LogP contribution in [0.3, 0.4) is 0 Å². The summed E-state index contributed by atoms with van der Waals surface area (Å²) in [6.07, 6.45) is -3.92. The van der Waals surface area contributed by atoms with Gasteiger partial charge >= 0.3 is 6.36 Å². The number of alkyl halides is 3. The van der Waals surface area contributed by atoms with Crippen molar-refractivity contribution in [3.05, 3.63) is 11.8 Å². The summed E-state index contributed by atoms with van der Waals surface area (Å²) in [5.74, 6) is -1.85. The number of nitrogens with two attached hydrogens (primary N) is 2. The second kappa shape index (κ2) is 3.81. The van der Waals surface area contributed by atoms with Crippen LogP contribution in [0.2, 0.25) is 0 Å². The Morgan fingerprint density at radius 1 is 1.47 bits per heavy atom. The number of hydrogen-bond acceptors (Lipinski definition) is 5. The number of aromatic nitrogens is 1. The van der Waals surface area contributed by atoms with E-state index in [-0.39, 0.29) is 17.8 Å². The van der Waals surface area contributed by atoms with Crippen LogP contribution >= 0.6 is 0 Å². The van der Waals surface area contributed by atoms with Gasteiger partial charge in [0, 0.05) is 18.3 Å². The van der Waals surface area contributed by atoms with Gasteiger partial charge in [-0.2, -0.15) is 0 Å². The standard InChI is InChI=1S/C7H8F3N3O2/c8-7(9,10)15-6-5(14)4(12)3(1-11)2-13-6/h2,14H,1,11H2,(H2,12,13). The summed E-state index contributed by atoms with van der Waals surface area (Å²) < 4.78 is 38.8. The largest absolute Gasteiger partial charge is 0.574 e. The first kappa shape index (κ1) is 11.4. The van der Waals surface area contributed by atoms with Crippen molar-refractivity contribution in [3.63, 3.8) is 0 Å². The van der Waals surface area contributed by atoms with Gasteiger partial charge in [0.2, 0.25) is 5.75 Å². The van der Waals surface area contributed by atoms with Crippen LogP contribution in [0.5, 0.6) is 11.6 Å². The molecule has 8 heteroatoms. The highest BCUT2D eigenvalue weighted by atomic mass is 19.4. The van der Waals surface area contributed by atoms with Crippen LogP contribution < -0.4 is 16.2 Å². The average Bonchev–Trinajstić information content (AvgIpc) is 2.11. The normalized spacial score (nSPS) is 11.5. The van der Waals surface area contributed by atoms with Gasteiger partial charge in [-0.1, -0.05) is 0 Å². The second-order valence-electron chi connectivity index (χ2n) is 2.60. The lowest BCUT2D eigenvalue weighted by atomic mass is 10.2. The molecule has 0 aliphatic heterocycles. The van der Waals surface area contributed by atoms with Gasteiger partial charge in [0.15, 0.2) is 0 Å². The molecule has 0 spiro atoms. The van der Waals surface area contributed by atoms with E-state index in [9.17, 15) is 18.3 Å². The van der Waals surface area contributed by atoms with E-state index in [0.29, 0.717) is 0 Å². The number of pyridine rings is 1. The number of anilines is 1. The van der Waals surface area contributed by atoms with E-state index in [2.05, 4.69) is 9.72 Å². The Labute approximate surface area is 82.5 Å². The summed E-state index contributed by atoms with van der Waals surface area (Å²) in [5, 5.41) is 9.20. The monoisotopic (exact) mass is 223 g/mol. The van der Waals surface area contributed by atoms with Crippen LogP contribution in [0.4, 0.5) is 18.9 Å². The molecular formula is C7H8F3N3O2. The zero-order valence-electron chi connectivity index (χ0n) is 7.38. The highest BCUT2D eigenvalue weighted by Crippen LogP contribution is 2.35. The van der Waals surface area contributed by atoms with Gasteiger partial charge in [-0.15, -0.1) is 13.2 Å². The Balaban J connectivity index is 3.07. The molecule has 84 valence electrons. The Hall–Kier alpha value is -1.70. The summed E-state index contributed by atoms with van der Waals surface area (Å²) in [7, 11) is 0. The molecule has 0 bridgehead atoms. The van der Waals surface area contributed by atoms with Crippen LogP contribution in [0.25, 0.3) is 0 Å². The summed E-state index contributed by atoms with van der Waals surface area (Å²) in [5.41, 5.74) is 10.5. The maximum atomic E-state index is 11.8. The third-order valence-electron chi connectivity index (χ3n) is 1.57. The third kappa shape index (κ3) is 2.62. The number of rotatable bonds is 2. The SMILES string of the molecule is NCc1cnc(OC(F)(F)F)c(O)c1N. The molecule has 1 aromatic heterocycles. The van der Waals surface area contributed by atoms with E-state index < -0.39 is 18.0 Å².